The lowest BCUT2D eigenvalue weighted by Gasteiger charge is -2.45. The molecule has 1 aromatic carbocycles. The van der Waals surface area contributed by atoms with Gasteiger partial charge in [0.25, 0.3) is 0 Å². The van der Waals surface area contributed by atoms with E-state index in [0.29, 0.717) is 24.4 Å². The number of hydrogen-bond acceptors (Lipinski definition) is 8. The van der Waals surface area contributed by atoms with Gasteiger partial charge in [-0.05, 0) is 50.5 Å². The Morgan fingerprint density at radius 2 is 1.79 bits per heavy atom. The van der Waals surface area contributed by atoms with Gasteiger partial charge in [-0.25, -0.2) is 4.98 Å². The van der Waals surface area contributed by atoms with Crippen LogP contribution in [0.4, 0.5) is 0 Å². The van der Waals surface area contributed by atoms with Gasteiger partial charge in [-0.3, -0.25) is 0 Å². The molecule has 0 bridgehead atoms. The first-order valence-electron chi connectivity index (χ1n) is 11.2. The predicted molar refractivity (Wildman–Crippen MR) is 124 cm³/mol. The first kappa shape index (κ1) is 21.6. The second kappa shape index (κ2) is 7.95. The van der Waals surface area contributed by atoms with Crippen LogP contribution < -0.4 is 19.5 Å². The van der Waals surface area contributed by atoms with Crippen molar-refractivity contribution in [2.45, 2.75) is 64.3 Å². The lowest BCUT2D eigenvalue weighted by molar-refractivity contribution is 0.0492. The van der Waals surface area contributed by atoms with Crippen LogP contribution in [0.5, 0.6) is 17.8 Å². The van der Waals surface area contributed by atoms with E-state index in [0.717, 1.165) is 40.7 Å². The summed E-state index contributed by atoms with van der Waals surface area (Å²) in [6.45, 7) is 9.22. The van der Waals surface area contributed by atoms with Gasteiger partial charge in [-0.2, -0.15) is 10.1 Å². The van der Waals surface area contributed by atoms with Crippen LogP contribution in [-0.2, 0) is 6.61 Å². The highest BCUT2D eigenvalue weighted by atomic mass is 16.5. The maximum atomic E-state index is 6.21. The van der Waals surface area contributed by atoms with Crippen LogP contribution in [0, 0.1) is 0 Å². The number of benzene rings is 1. The number of hydrogen-bond donors (Lipinski definition) is 1. The highest BCUT2D eigenvalue weighted by Crippen LogP contribution is 2.39. The Kier molecular flexibility index (Phi) is 5.20. The summed E-state index contributed by atoms with van der Waals surface area (Å²) in [5.41, 5.74) is 4.92. The standard InChI is InChI=1S/C25H29N5O3/c1-24(2)10-18(11-25(3,4)30-24)33-23-26-13-20-19-7-6-15(8-17(19)14-32-22(20)28-23)16-9-21(31-5)29-27-12-16/h6-9,12-13,18,30H,10-11,14H2,1-5H3. The van der Waals surface area contributed by atoms with E-state index >= 15 is 0 Å². The molecule has 0 atom stereocenters. The highest BCUT2D eigenvalue weighted by Gasteiger charge is 2.39. The second-order valence-corrected chi connectivity index (χ2v) is 10.1. The van der Waals surface area contributed by atoms with Crippen LogP contribution in [0.15, 0.2) is 36.7 Å². The lowest BCUT2D eigenvalue weighted by atomic mass is 9.81. The Labute approximate surface area is 193 Å². The number of nitrogens with zero attached hydrogens (tertiary/aromatic N) is 4. The lowest BCUT2D eigenvalue weighted by Crippen LogP contribution is -2.60. The smallest absolute Gasteiger partial charge is 0.319 e. The molecule has 2 aliphatic heterocycles. The molecule has 0 amide bonds. The Bertz CT molecular complexity index is 1180. The Balaban J connectivity index is 1.39. The number of piperidine rings is 1. The average Bonchev–Trinajstić information content (AvgIpc) is 2.76. The molecule has 0 unspecified atom stereocenters. The number of fused-ring (bicyclic) bond motifs is 3. The molecule has 4 heterocycles. The van der Waals surface area contributed by atoms with Gasteiger partial charge in [0, 0.05) is 41.7 Å². The van der Waals surface area contributed by atoms with Gasteiger partial charge in [0.15, 0.2) is 0 Å². The van der Waals surface area contributed by atoms with Crippen LogP contribution in [0.25, 0.3) is 22.3 Å². The van der Waals surface area contributed by atoms with Gasteiger partial charge in [-0.1, -0.05) is 12.1 Å². The highest BCUT2D eigenvalue weighted by molar-refractivity contribution is 5.77. The third-order valence-corrected chi connectivity index (χ3v) is 6.09. The summed E-state index contributed by atoms with van der Waals surface area (Å²) in [5.74, 6) is 1.04. The summed E-state index contributed by atoms with van der Waals surface area (Å²) < 4.78 is 17.4. The van der Waals surface area contributed by atoms with Crippen molar-refractivity contribution < 1.29 is 14.2 Å². The molecule has 5 rings (SSSR count). The third-order valence-electron chi connectivity index (χ3n) is 6.09. The van der Waals surface area contributed by atoms with Crippen molar-refractivity contribution >= 4 is 0 Å². The SMILES string of the molecule is COc1cc(-c2ccc3c(c2)COc2nc(OC4CC(C)(C)NC(C)(C)C4)ncc2-3)cnn1. The fourth-order valence-electron chi connectivity index (χ4n) is 5.07. The molecule has 8 heteroatoms. The van der Waals surface area contributed by atoms with Gasteiger partial charge in [0.2, 0.25) is 11.8 Å². The maximum absolute atomic E-state index is 6.21. The topological polar surface area (TPSA) is 91.3 Å². The van der Waals surface area contributed by atoms with Crippen LogP contribution in [0.2, 0.25) is 0 Å². The van der Waals surface area contributed by atoms with E-state index in [4.69, 9.17) is 14.2 Å². The van der Waals surface area contributed by atoms with E-state index in [9.17, 15) is 0 Å². The molecular weight excluding hydrogens is 418 g/mol. The molecule has 1 saturated heterocycles. The van der Waals surface area contributed by atoms with Gasteiger partial charge in [0.1, 0.15) is 12.7 Å². The van der Waals surface area contributed by atoms with E-state index in [-0.39, 0.29) is 17.2 Å². The van der Waals surface area contributed by atoms with Crippen molar-refractivity contribution in [1.29, 1.82) is 0 Å². The Morgan fingerprint density at radius 1 is 1.00 bits per heavy atom. The van der Waals surface area contributed by atoms with Crippen LogP contribution in [0.1, 0.15) is 46.1 Å². The van der Waals surface area contributed by atoms with E-state index in [1.165, 1.54) is 0 Å². The largest absolute Gasteiger partial charge is 0.480 e. The maximum Gasteiger partial charge on any atom is 0.319 e. The number of nitrogens with one attached hydrogen (secondary N) is 1. The van der Waals surface area contributed by atoms with Gasteiger partial charge in [0.05, 0.1) is 18.9 Å². The number of methoxy groups -OCH3 is 1. The van der Waals surface area contributed by atoms with Crippen molar-refractivity contribution in [2.75, 3.05) is 7.11 Å². The summed E-state index contributed by atoms with van der Waals surface area (Å²) in [7, 11) is 1.58. The van der Waals surface area contributed by atoms with Crippen molar-refractivity contribution in [3.63, 3.8) is 0 Å². The minimum Gasteiger partial charge on any atom is -0.480 e. The number of aromatic nitrogens is 4. The average molecular weight is 448 g/mol. The minimum absolute atomic E-state index is 0.0118. The summed E-state index contributed by atoms with van der Waals surface area (Å²) in [4.78, 5) is 9.11. The molecule has 2 aliphatic rings. The molecule has 1 N–H and O–H groups in total. The van der Waals surface area contributed by atoms with Crippen LogP contribution in [-0.4, -0.2) is 44.5 Å². The fraction of sp³-hybridized carbons (Fsp3) is 0.440. The molecule has 172 valence electrons. The summed E-state index contributed by atoms with van der Waals surface area (Å²) in [6, 6.07) is 8.44. The van der Waals surface area contributed by atoms with Gasteiger partial charge in [-0.15, -0.1) is 5.10 Å². The van der Waals surface area contributed by atoms with Crippen molar-refractivity contribution in [3.8, 4) is 40.0 Å². The molecule has 3 aromatic rings. The van der Waals surface area contributed by atoms with E-state index in [1.807, 2.05) is 12.1 Å². The predicted octanol–water partition coefficient (Wildman–Crippen LogP) is 4.19. The Morgan fingerprint density at radius 3 is 2.55 bits per heavy atom. The number of ether oxygens (including phenoxy) is 3. The quantitative estimate of drug-likeness (QED) is 0.637. The summed E-state index contributed by atoms with van der Waals surface area (Å²) in [6.07, 6.45) is 5.33. The zero-order valence-electron chi connectivity index (χ0n) is 19.7. The zero-order chi connectivity index (χ0) is 23.2. The van der Waals surface area contributed by atoms with Crippen molar-refractivity contribution in [1.82, 2.24) is 25.5 Å². The second-order valence-electron chi connectivity index (χ2n) is 10.1. The van der Waals surface area contributed by atoms with E-state index in [1.54, 1.807) is 19.5 Å². The van der Waals surface area contributed by atoms with Crippen molar-refractivity contribution in [2.24, 2.45) is 0 Å². The normalized spacial score (nSPS) is 18.6. The van der Waals surface area contributed by atoms with Gasteiger partial charge >= 0.3 is 6.01 Å². The molecule has 0 saturated carbocycles. The molecule has 33 heavy (non-hydrogen) atoms. The van der Waals surface area contributed by atoms with Gasteiger partial charge < -0.3 is 19.5 Å². The minimum atomic E-state index is -0.0118. The fourth-order valence-corrected chi connectivity index (χ4v) is 5.07. The molecule has 0 aliphatic carbocycles. The molecule has 2 aromatic heterocycles. The molecule has 0 spiro atoms. The molecular formula is C25H29N5O3. The third kappa shape index (κ3) is 4.48. The first-order valence-corrected chi connectivity index (χ1v) is 11.2. The monoisotopic (exact) mass is 447 g/mol. The molecule has 1 fully saturated rings. The van der Waals surface area contributed by atoms with Crippen molar-refractivity contribution in [3.05, 3.63) is 42.2 Å². The summed E-state index contributed by atoms with van der Waals surface area (Å²) in [5, 5.41) is 11.6. The number of rotatable bonds is 4. The van der Waals surface area contributed by atoms with Crippen LogP contribution in [0.3, 0.4) is 0 Å². The summed E-state index contributed by atoms with van der Waals surface area (Å²) >= 11 is 0. The molecule has 8 nitrogen and oxygen atoms in total. The van der Waals surface area contributed by atoms with E-state index in [2.05, 4.69) is 65.3 Å². The van der Waals surface area contributed by atoms with E-state index < -0.39 is 0 Å². The Hall–Kier alpha value is -3.26. The first-order chi connectivity index (χ1) is 15.7. The molecule has 0 radical (unpaired) electrons. The zero-order valence-corrected chi connectivity index (χ0v) is 19.7. The van der Waals surface area contributed by atoms with Crippen LogP contribution >= 0.6 is 0 Å².